The monoisotopic (exact) mass is 266 g/mol. The Balaban J connectivity index is 3.42. The van der Waals surface area contributed by atoms with Crippen molar-refractivity contribution in [1.82, 2.24) is 0 Å². The van der Waals surface area contributed by atoms with E-state index in [9.17, 15) is 18.0 Å². The molecule has 0 aliphatic rings. The first-order valence-electron chi connectivity index (χ1n) is 3.69. The molecule has 0 saturated carbocycles. The molecule has 0 N–H and O–H groups in total. The number of carbonyl (C=O) groups is 1. The molecule has 76 valence electrons. The van der Waals surface area contributed by atoms with Gasteiger partial charge in [-0.2, -0.15) is 13.2 Å². The fourth-order valence-corrected chi connectivity index (χ4v) is 1.54. The highest BCUT2D eigenvalue weighted by atomic mass is 79.9. The summed E-state index contributed by atoms with van der Waals surface area (Å²) in [7, 11) is 0. The first kappa shape index (κ1) is 11.2. The van der Waals surface area contributed by atoms with Crippen LogP contribution in [-0.4, -0.2) is 6.29 Å². The van der Waals surface area contributed by atoms with Crippen molar-refractivity contribution in [3.8, 4) is 0 Å². The van der Waals surface area contributed by atoms with Crippen molar-refractivity contribution in [2.45, 2.75) is 13.1 Å². The van der Waals surface area contributed by atoms with Crippen molar-refractivity contribution < 1.29 is 18.0 Å². The lowest BCUT2D eigenvalue weighted by Crippen LogP contribution is -2.08. The molecule has 0 aliphatic heterocycles. The lowest BCUT2D eigenvalue weighted by atomic mass is 10.1. The van der Waals surface area contributed by atoms with Crippen molar-refractivity contribution >= 4 is 22.2 Å². The van der Waals surface area contributed by atoms with Crippen LogP contribution in [0.4, 0.5) is 13.2 Å². The lowest BCUT2D eigenvalue weighted by molar-refractivity contribution is -0.138. The smallest absolute Gasteiger partial charge is 0.298 e. The van der Waals surface area contributed by atoms with E-state index >= 15 is 0 Å². The van der Waals surface area contributed by atoms with Gasteiger partial charge < -0.3 is 0 Å². The highest BCUT2D eigenvalue weighted by molar-refractivity contribution is 9.10. The lowest BCUT2D eigenvalue weighted by Gasteiger charge is -2.11. The number of alkyl halides is 3. The first-order valence-corrected chi connectivity index (χ1v) is 4.48. The predicted octanol–water partition coefficient (Wildman–Crippen LogP) is 3.59. The van der Waals surface area contributed by atoms with Crippen LogP contribution in [0.3, 0.4) is 0 Å². The zero-order valence-electron chi connectivity index (χ0n) is 7.15. The molecule has 0 heterocycles. The standard InChI is InChI=1S/C9H6BrF3O/c1-5-7(9(11,12)13)2-6(4-14)3-8(5)10/h2-4H,1H3. The molecule has 0 unspecified atom stereocenters. The summed E-state index contributed by atoms with van der Waals surface area (Å²) in [4.78, 5) is 10.4. The van der Waals surface area contributed by atoms with Gasteiger partial charge in [0.1, 0.15) is 6.29 Å². The second-order valence-electron chi connectivity index (χ2n) is 2.79. The summed E-state index contributed by atoms with van der Waals surface area (Å²) < 4.78 is 37.5. The van der Waals surface area contributed by atoms with Crippen LogP contribution in [0.25, 0.3) is 0 Å². The Kier molecular flexibility index (Phi) is 2.99. The number of benzene rings is 1. The third-order valence-corrected chi connectivity index (χ3v) is 2.63. The Bertz CT molecular complexity index is 371. The minimum absolute atomic E-state index is 0.00907. The van der Waals surface area contributed by atoms with Crippen molar-refractivity contribution in [3.05, 3.63) is 33.3 Å². The Hall–Kier alpha value is -0.840. The Morgan fingerprint density at radius 1 is 1.36 bits per heavy atom. The van der Waals surface area contributed by atoms with Gasteiger partial charge in [-0.05, 0) is 24.6 Å². The number of carbonyl (C=O) groups excluding carboxylic acids is 1. The largest absolute Gasteiger partial charge is 0.416 e. The maximum absolute atomic E-state index is 12.4. The molecule has 5 heteroatoms. The molecule has 0 amide bonds. The molecule has 1 nitrogen and oxygen atoms in total. The van der Waals surface area contributed by atoms with Gasteiger partial charge in [0.05, 0.1) is 5.56 Å². The van der Waals surface area contributed by atoms with E-state index in [1.165, 1.54) is 13.0 Å². The minimum Gasteiger partial charge on any atom is -0.298 e. The third kappa shape index (κ3) is 2.15. The SMILES string of the molecule is Cc1c(Br)cc(C=O)cc1C(F)(F)F. The van der Waals surface area contributed by atoms with E-state index < -0.39 is 11.7 Å². The van der Waals surface area contributed by atoms with Gasteiger partial charge in [0.15, 0.2) is 0 Å². The molecular weight excluding hydrogens is 261 g/mol. The molecule has 0 bridgehead atoms. The molecule has 0 saturated heterocycles. The van der Waals surface area contributed by atoms with Crippen LogP contribution in [0.5, 0.6) is 0 Å². The molecule has 1 aromatic carbocycles. The zero-order chi connectivity index (χ0) is 10.9. The Morgan fingerprint density at radius 3 is 2.36 bits per heavy atom. The second-order valence-corrected chi connectivity index (χ2v) is 3.65. The van der Waals surface area contributed by atoms with Gasteiger partial charge in [0.25, 0.3) is 0 Å². The summed E-state index contributed by atoms with van der Waals surface area (Å²) in [5.41, 5.74) is -0.688. The molecule has 0 aromatic heterocycles. The van der Waals surface area contributed by atoms with Crippen LogP contribution in [0.15, 0.2) is 16.6 Å². The average molecular weight is 267 g/mol. The summed E-state index contributed by atoms with van der Waals surface area (Å²) in [6, 6.07) is 2.20. The van der Waals surface area contributed by atoms with Gasteiger partial charge >= 0.3 is 6.18 Å². The molecular formula is C9H6BrF3O. The van der Waals surface area contributed by atoms with E-state index in [1.807, 2.05) is 0 Å². The number of rotatable bonds is 1. The number of hydrogen-bond donors (Lipinski definition) is 0. The molecule has 0 radical (unpaired) electrons. The molecule has 0 atom stereocenters. The Labute approximate surface area is 87.1 Å². The maximum atomic E-state index is 12.4. The number of halogens is 4. The van der Waals surface area contributed by atoms with E-state index in [0.717, 1.165) is 6.07 Å². The molecule has 0 spiro atoms. The second kappa shape index (κ2) is 3.73. The molecule has 1 aromatic rings. The van der Waals surface area contributed by atoms with Crippen molar-refractivity contribution in [2.24, 2.45) is 0 Å². The zero-order valence-corrected chi connectivity index (χ0v) is 8.74. The van der Waals surface area contributed by atoms with E-state index in [0.29, 0.717) is 6.29 Å². The van der Waals surface area contributed by atoms with Gasteiger partial charge in [0.2, 0.25) is 0 Å². The van der Waals surface area contributed by atoms with Crippen molar-refractivity contribution in [3.63, 3.8) is 0 Å². The maximum Gasteiger partial charge on any atom is 0.416 e. The van der Waals surface area contributed by atoms with Crippen LogP contribution in [0, 0.1) is 6.92 Å². The highest BCUT2D eigenvalue weighted by Crippen LogP contribution is 2.35. The third-order valence-electron chi connectivity index (χ3n) is 1.81. The summed E-state index contributed by atoms with van der Waals surface area (Å²) in [5.74, 6) is 0. The van der Waals surface area contributed by atoms with Crippen LogP contribution in [0.1, 0.15) is 21.5 Å². The highest BCUT2D eigenvalue weighted by Gasteiger charge is 2.33. The Morgan fingerprint density at radius 2 is 1.93 bits per heavy atom. The number of hydrogen-bond acceptors (Lipinski definition) is 1. The summed E-state index contributed by atoms with van der Waals surface area (Å²) in [5, 5.41) is 0. The average Bonchev–Trinajstić information content (AvgIpc) is 2.07. The minimum atomic E-state index is -4.42. The molecule has 1 rings (SSSR count). The van der Waals surface area contributed by atoms with Crippen molar-refractivity contribution in [1.29, 1.82) is 0 Å². The van der Waals surface area contributed by atoms with Gasteiger partial charge in [-0.1, -0.05) is 15.9 Å². The van der Waals surface area contributed by atoms with Crippen molar-refractivity contribution in [2.75, 3.05) is 0 Å². The van der Waals surface area contributed by atoms with Crippen LogP contribution in [-0.2, 0) is 6.18 Å². The van der Waals surface area contributed by atoms with Gasteiger partial charge in [-0.15, -0.1) is 0 Å². The van der Waals surface area contributed by atoms with Crippen LogP contribution < -0.4 is 0 Å². The van der Waals surface area contributed by atoms with E-state index in [1.54, 1.807) is 0 Å². The summed E-state index contributed by atoms with van der Waals surface area (Å²) in [6.45, 7) is 1.35. The van der Waals surface area contributed by atoms with E-state index in [2.05, 4.69) is 15.9 Å². The topological polar surface area (TPSA) is 17.1 Å². The van der Waals surface area contributed by atoms with Crippen LogP contribution >= 0.6 is 15.9 Å². The quantitative estimate of drug-likeness (QED) is 0.710. The summed E-state index contributed by atoms with van der Waals surface area (Å²) in [6.07, 6.45) is -4.04. The predicted molar refractivity (Wildman–Crippen MR) is 49.3 cm³/mol. The first-order chi connectivity index (χ1) is 6.36. The fourth-order valence-electron chi connectivity index (χ4n) is 1.06. The normalized spacial score (nSPS) is 11.5. The molecule has 0 fully saturated rings. The molecule has 14 heavy (non-hydrogen) atoms. The van der Waals surface area contributed by atoms with Gasteiger partial charge in [0, 0.05) is 10.0 Å². The van der Waals surface area contributed by atoms with E-state index in [-0.39, 0.29) is 15.6 Å². The van der Waals surface area contributed by atoms with Gasteiger partial charge in [-0.3, -0.25) is 4.79 Å². The molecule has 0 aliphatic carbocycles. The van der Waals surface area contributed by atoms with Gasteiger partial charge in [-0.25, -0.2) is 0 Å². The number of aldehydes is 1. The van der Waals surface area contributed by atoms with E-state index in [4.69, 9.17) is 0 Å². The fraction of sp³-hybridized carbons (Fsp3) is 0.222. The van der Waals surface area contributed by atoms with Crippen LogP contribution in [0.2, 0.25) is 0 Å². The summed E-state index contributed by atoms with van der Waals surface area (Å²) >= 11 is 2.97.